The number of allylic oxidation sites excluding steroid dienone is 1. The van der Waals surface area contributed by atoms with Crippen LogP contribution in [0.1, 0.15) is 91.4 Å². The molecule has 0 bridgehead atoms. The molecule has 0 aromatic heterocycles. The van der Waals surface area contributed by atoms with Crippen LogP contribution in [0.3, 0.4) is 0 Å². The second-order valence-electron chi connectivity index (χ2n) is 6.55. The maximum absolute atomic E-state index is 12.8. The summed E-state index contributed by atoms with van der Waals surface area (Å²) in [5, 5.41) is 0. The summed E-state index contributed by atoms with van der Waals surface area (Å²) in [6.45, 7) is 10.7. The van der Waals surface area contributed by atoms with Crippen molar-refractivity contribution in [3.8, 4) is 0 Å². The van der Waals surface area contributed by atoms with Gasteiger partial charge < -0.3 is 4.84 Å². The predicted molar refractivity (Wildman–Crippen MR) is 99.5 cm³/mol. The molecule has 0 spiro atoms. The summed E-state index contributed by atoms with van der Waals surface area (Å²) in [6.07, 6.45) is 10.8. The topological polar surface area (TPSA) is 55.4 Å². The number of rotatable bonds is 16. The summed E-state index contributed by atoms with van der Waals surface area (Å²) in [7, 11) is 0. The van der Waals surface area contributed by atoms with Crippen molar-refractivity contribution in [2.24, 2.45) is 5.41 Å². The van der Waals surface area contributed by atoms with E-state index in [1.54, 1.807) is 6.08 Å². The number of nitrogens with one attached hydrogen (secondary N) is 1. The molecule has 0 aliphatic carbocycles. The minimum absolute atomic E-state index is 0.00431. The first-order chi connectivity index (χ1) is 11.6. The highest BCUT2D eigenvalue weighted by molar-refractivity contribution is 6.03. The molecule has 0 aliphatic heterocycles. The summed E-state index contributed by atoms with van der Waals surface area (Å²) >= 11 is 0. The molecule has 0 amide bonds. The molecule has 0 aromatic carbocycles. The van der Waals surface area contributed by atoms with Crippen LogP contribution in [0.4, 0.5) is 0 Å². The Balaban J connectivity index is 4.93. The lowest BCUT2D eigenvalue weighted by Gasteiger charge is -2.29. The van der Waals surface area contributed by atoms with Crippen LogP contribution in [0.5, 0.6) is 0 Å². The minimum atomic E-state index is -1.07. The van der Waals surface area contributed by atoms with E-state index >= 15 is 0 Å². The monoisotopic (exact) mass is 339 g/mol. The highest BCUT2D eigenvalue weighted by Crippen LogP contribution is 2.34. The second kappa shape index (κ2) is 14.2. The van der Waals surface area contributed by atoms with Crippen molar-refractivity contribution in [2.45, 2.75) is 91.4 Å². The van der Waals surface area contributed by atoms with Crippen molar-refractivity contribution in [3.05, 3.63) is 12.7 Å². The first-order valence-electron chi connectivity index (χ1n) is 9.67. The lowest BCUT2D eigenvalue weighted by Crippen LogP contribution is -2.43. The number of hydrogen-bond donors (Lipinski definition) is 1. The Kier molecular flexibility index (Phi) is 13.5. The molecule has 0 saturated carbocycles. The van der Waals surface area contributed by atoms with Gasteiger partial charge in [-0.1, -0.05) is 65.4 Å². The lowest BCUT2D eigenvalue weighted by molar-refractivity contribution is -0.168. The van der Waals surface area contributed by atoms with E-state index < -0.39 is 11.4 Å². The van der Waals surface area contributed by atoms with Gasteiger partial charge >= 0.3 is 5.97 Å². The molecule has 1 unspecified atom stereocenters. The number of Topliss-reactive ketones (excluding diaryl/α,β-unsaturated/α-hetero) is 1. The van der Waals surface area contributed by atoms with E-state index in [1.165, 1.54) is 0 Å². The molecule has 1 atom stereocenters. The standard InChI is InChI=1S/C20H37NO3/c1-5-9-12-14-18(22)20(15-8-4,16-11-7-3)19(23)24-21-17-13-10-6-2/h8,21H,4-7,9-17H2,1-3H3. The Bertz CT molecular complexity index is 368. The SMILES string of the molecule is C=CCC(CCCC)(C(=O)CCCCC)C(=O)ONCCCCC. The van der Waals surface area contributed by atoms with Gasteiger partial charge in [0.15, 0.2) is 5.78 Å². The fraction of sp³-hybridized carbons (Fsp3) is 0.800. The van der Waals surface area contributed by atoms with Gasteiger partial charge in [0, 0.05) is 13.0 Å². The van der Waals surface area contributed by atoms with Gasteiger partial charge in [0.1, 0.15) is 5.41 Å². The van der Waals surface area contributed by atoms with Crippen molar-refractivity contribution in [2.75, 3.05) is 6.54 Å². The maximum Gasteiger partial charge on any atom is 0.338 e. The Morgan fingerprint density at radius 1 is 1.00 bits per heavy atom. The van der Waals surface area contributed by atoms with Crippen LogP contribution >= 0.6 is 0 Å². The summed E-state index contributed by atoms with van der Waals surface area (Å²) in [5.74, 6) is -0.432. The van der Waals surface area contributed by atoms with Gasteiger partial charge in [0.25, 0.3) is 0 Å². The molecular weight excluding hydrogens is 302 g/mol. The highest BCUT2D eigenvalue weighted by Gasteiger charge is 2.45. The number of carbonyl (C=O) groups excluding carboxylic acids is 2. The van der Waals surface area contributed by atoms with Crippen LogP contribution in [0, 0.1) is 5.41 Å². The molecule has 0 fully saturated rings. The highest BCUT2D eigenvalue weighted by atomic mass is 16.7. The van der Waals surface area contributed by atoms with Gasteiger partial charge in [-0.3, -0.25) is 4.79 Å². The van der Waals surface area contributed by atoms with E-state index in [2.05, 4.69) is 32.8 Å². The lowest BCUT2D eigenvalue weighted by atomic mass is 9.74. The molecular formula is C20H37NO3. The van der Waals surface area contributed by atoms with Gasteiger partial charge in [-0.25, -0.2) is 4.79 Å². The molecule has 24 heavy (non-hydrogen) atoms. The van der Waals surface area contributed by atoms with E-state index in [0.717, 1.165) is 51.4 Å². The van der Waals surface area contributed by atoms with E-state index in [9.17, 15) is 9.59 Å². The third-order valence-corrected chi connectivity index (χ3v) is 4.43. The van der Waals surface area contributed by atoms with E-state index in [0.29, 0.717) is 25.8 Å². The van der Waals surface area contributed by atoms with Crippen molar-refractivity contribution in [3.63, 3.8) is 0 Å². The molecule has 1 N–H and O–H groups in total. The molecule has 140 valence electrons. The van der Waals surface area contributed by atoms with Gasteiger partial charge in [-0.2, -0.15) is 5.48 Å². The Hall–Kier alpha value is -1.16. The van der Waals surface area contributed by atoms with Gasteiger partial charge in [-0.15, -0.1) is 6.58 Å². The van der Waals surface area contributed by atoms with Crippen molar-refractivity contribution in [1.29, 1.82) is 0 Å². The first-order valence-corrected chi connectivity index (χ1v) is 9.67. The zero-order valence-electron chi connectivity index (χ0n) is 16.0. The average molecular weight is 340 g/mol. The molecule has 4 heteroatoms. The van der Waals surface area contributed by atoms with Crippen molar-refractivity contribution < 1.29 is 14.4 Å². The van der Waals surface area contributed by atoms with Crippen LogP contribution < -0.4 is 5.48 Å². The molecule has 0 rings (SSSR count). The fourth-order valence-corrected chi connectivity index (χ4v) is 2.82. The summed E-state index contributed by atoms with van der Waals surface area (Å²) < 4.78 is 0. The maximum atomic E-state index is 12.8. The van der Waals surface area contributed by atoms with Crippen molar-refractivity contribution >= 4 is 11.8 Å². The summed E-state index contributed by atoms with van der Waals surface area (Å²) in [4.78, 5) is 30.8. The number of hydrogen-bond acceptors (Lipinski definition) is 4. The van der Waals surface area contributed by atoms with Crippen LogP contribution in [0.25, 0.3) is 0 Å². The van der Waals surface area contributed by atoms with Gasteiger partial charge in [-0.05, 0) is 25.7 Å². The molecule has 0 aromatic rings. The molecule has 0 saturated heterocycles. The third kappa shape index (κ3) is 8.09. The molecule has 0 radical (unpaired) electrons. The minimum Gasteiger partial charge on any atom is -0.370 e. The van der Waals surface area contributed by atoms with Gasteiger partial charge in [0.05, 0.1) is 0 Å². The smallest absolute Gasteiger partial charge is 0.338 e. The molecule has 0 aliphatic rings. The fourth-order valence-electron chi connectivity index (χ4n) is 2.82. The summed E-state index contributed by atoms with van der Waals surface area (Å²) in [5.41, 5.74) is 1.68. The average Bonchev–Trinajstić information content (AvgIpc) is 2.58. The van der Waals surface area contributed by atoms with Gasteiger partial charge in [0.2, 0.25) is 0 Å². The Labute approximate surface area is 148 Å². The van der Waals surface area contributed by atoms with Crippen molar-refractivity contribution in [1.82, 2.24) is 5.48 Å². The second-order valence-corrected chi connectivity index (χ2v) is 6.55. The zero-order chi connectivity index (χ0) is 18.3. The number of ketones is 1. The zero-order valence-corrected chi connectivity index (χ0v) is 16.0. The van der Waals surface area contributed by atoms with E-state index in [4.69, 9.17) is 4.84 Å². The van der Waals surface area contributed by atoms with Crippen LogP contribution in [0.15, 0.2) is 12.7 Å². The predicted octanol–water partition coefficient (Wildman–Crippen LogP) is 5.13. The number of carbonyl (C=O) groups is 2. The number of hydroxylamine groups is 1. The Morgan fingerprint density at radius 2 is 1.62 bits per heavy atom. The quantitative estimate of drug-likeness (QED) is 0.183. The van der Waals surface area contributed by atoms with Crippen LogP contribution in [0.2, 0.25) is 0 Å². The third-order valence-electron chi connectivity index (χ3n) is 4.43. The van der Waals surface area contributed by atoms with Crippen LogP contribution in [-0.2, 0) is 14.4 Å². The largest absolute Gasteiger partial charge is 0.370 e. The summed E-state index contributed by atoms with van der Waals surface area (Å²) in [6, 6.07) is 0. The first kappa shape index (κ1) is 22.8. The van der Waals surface area contributed by atoms with E-state index in [-0.39, 0.29) is 5.78 Å². The Morgan fingerprint density at radius 3 is 2.21 bits per heavy atom. The number of unbranched alkanes of at least 4 members (excludes halogenated alkanes) is 5. The van der Waals surface area contributed by atoms with E-state index in [1.807, 2.05) is 0 Å². The van der Waals surface area contributed by atoms with Crippen LogP contribution in [-0.4, -0.2) is 18.3 Å². The normalized spacial score (nSPS) is 13.3. The molecule has 4 nitrogen and oxygen atoms in total. The molecule has 0 heterocycles.